The Bertz CT molecular complexity index is 270. The molecule has 1 aliphatic carbocycles. The molecule has 1 amide bonds. The molecule has 0 bridgehead atoms. The van der Waals surface area contributed by atoms with Gasteiger partial charge in [-0.3, -0.25) is 4.79 Å². The first-order chi connectivity index (χ1) is 8.27. The average molecular weight is 236 g/mol. The molecule has 1 fully saturated rings. The maximum Gasteiger partial charge on any atom is 0.220 e. The third-order valence-corrected chi connectivity index (χ3v) is 3.54. The van der Waals surface area contributed by atoms with Crippen LogP contribution in [-0.4, -0.2) is 11.9 Å². The first-order valence-corrected chi connectivity index (χ1v) is 6.97. The van der Waals surface area contributed by atoms with Crippen molar-refractivity contribution in [3.8, 4) is 6.07 Å². The zero-order valence-corrected chi connectivity index (χ0v) is 10.9. The lowest BCUT2D eigenvalue weighted by atomic mass is 10.1. The first kappa shape index (κ1) is 14.0. The van der Waals surface area contributed by atoms with Gasteiger partial charge in [-0.25, -0.2) is 0 Å². The molecular weight excluding hydrogens is 212 g/mol. The van der Waals surface area contributed by atoms with E-state index in [0.29, 0.717) is 6.42 Å². The van der Waals surface area contributed by atoms with Crippen molar-refractivity contribution in [3.63, 3.8) is 0 Å². The number of carbonyl (C=O) groups excluding carboxylic acids is 1. The van der Waals surface area contributed by atoms with Gasteiger partial charge in [0.1, 0.15) is 0 Å². The van der Waals surface area contributed by atoms with Crippen molar-refractivity contribution >= 4 is 5.91 Å². The van der Waals surface area contributed by atoms with E-state index in [1.165, 1.54) is 19.3 Å². The molecule has 3 nitrogen and oxygen atoms in total. The van der Waals surface area contributed by atoms with Crippen LogP contribution in [0.4, 0.5) is 0 Å². The van der Waals surface area contributed by atoms with Gasteiger partial charge >= 0.3 is 0 Å². The Labute approximate surface area is 105 Å². The Morgan fingerprint density at radius 1 is 1.29 bits per heavy atom. The maximum absolute atomic E-state index is 11.7. The molecule has 1 saturated carbocycles. The fraction of sp³-hybridized carbons (Fsp3) is 0.857. The van der Waals surface area contributed by atoms with E-state index in [1.54, 1.807) is 0 Å². The number of unbranched alkanes of at least 4 members (excludes halogenated alkanes) is 4. The van der Waals surface area contributed by atoms with Gasteiger partial charge in [0.05, 0.1) is 12.0 Å². The standard InChI is InChI=1S/C14H24N2O/c1-2-3-4-5-6-10-14(17)16-13-9-7-8-12(13)11-15/h12-13H,2-10H2,1H3,(H,16,17). The van der Waals surface area contributed by atoms with Crippen LogP contribution < -0.4 is 5.32 Å². The molecule has 0 saturated heterocycles. The lowest BCUT2D eigenvalue weighted by Gasteiger charge is -2.15. The molecule has 1 aliphatic rings. The highest BCUT2D eigenvalue weighted by Crippen LogP contribution is 2.24. The highest BCUT2D eigenvalue weighted by Gasteiger charge is 2.27. The zero-order valence-electron chi connectivity index (χ0n) is 10.9. The van der Waals surface area contributed by atoms with E-state index in [4.69, 9.17) is 5.26 Å². The molecule has 0 aromatic rings. The summed E-state index contributed by atoms with van der Waals surface area (Å²) in [5.41, 5.74) is 0. The van der Waals surface area contributed by atoms with E-state index in [1.807, 2.05) is 0 Å². The number of nitriles is 1. The van der Waals surface area contributed by atoms with Crippen LogP contribution in [0, 0.1) is 17.2 Å². The molecule has 1 rings (SSSR count). The largest absolute Gasteiger partial charge is 0.352 e. The third-order valence-electron chi connectivity index (χ3n) is 3.54. The summed E-state index contributed by atoms with van der Waals surface area (Å²) < 4.78 is 0. The van der Waals surface area contributed by atoms with E-state index in [-0.39, 0.29) is 17.9 Å². The quantitative estimate of drug-likeness (QED) is 0.690. The number of carbonyl (C=O) groups is 1. The summed E-state index contributed by atoms with van der Waals surface area (Å²) in [6.45, 7) is 2.19. The number of nitrogens with zero attached hydrogens (tertiary/aromatic N) is 1. The smallest absolute Gasteiger partial charge is 0.220 e. The minimum absolute atomic E-state index is 0.0408. The second kappa shape index (κ2) is 8.11. The fourth-order valence-electron chi connectivity index (χ4n) is 2.46. The van der Waals surface area contributed by atoms with Crippen molar-refractivity contribution in [2.45, 2.75) is 70.8 Å². The Hall–Kier alpha value is -1.04. The maximum atomic E-state index is 11.7. The number of rotatable bonds is 7. The van der Waals surface area contributed by atoms with Crippen molar-refractivity contribution in [1.29, 1.82) is 5.26 Å². The monoisotopic (exact) mass is 236 g/mol. The van der Waals surface area contributed by atoms with Gasteiger partial charge in [-0.1, -0.05) is 32.6 Å². The molecule has 17 heavy (non-hydrogen) atoms. The molecule has 2 unspecified atom stereocenters. The van der Waals surface area contributed by atoms with Crippen LogP contribution in [0.25, 0.3) is 0 Å². The lowest BCUT2D eigenvalue weighted by Crippen LogP contribution is -2.36. The van der Waals surface area contributed by atoms with Crippen LogP contribution in [0.5, 0.6) is 0 Å². The molecule has 3 heteroatoms. The minimum atomic E-state index is 0.0408. The van der Waals surface area contributed by atoms with Crippen LogP contribution in [-0.2, 0) is 4.79 Å². The first-order valence-electron chi connectivity index (χ1n) is 6.97. The normalized spacial score (nSPS) is 23.3. The van der Waals surface area contributed by atoms with Crippen molar-refractivity contribution in [1.82, 2.24) is 5.32 Å². The molecule has 0 aliphatic heterocycles. The zero-order chi connectivity index (χ0) is 12.5. The highest BCUT2D eigenvalue weighted by atomic mass is 16.1. The molecular formula is C14H24N2O. The predicted molar refractivity (Wildman–Crippen MR) is 68.3 cm³/mol. The van der Waals surface area contributed by atoms with Crippen LogP contribution >= 0.6 is 0 Å². The fourth-order valence-corrected chi connectivity index (χ4v) is 2.46. The van der Waals surface area contributed by atoms with Crippen LogP contribution in [0.1, 0.15) is 64.7 Å². The molecule has 2 atom stereocenters. The molecule has 96 valence electrons. The number of amides is 1. The summed E-state index contributed by atoms with van der Waals surface area (Å²) in [6.07, 6.45) is 9.46. The molecule has 0 spiro atoms. The van der Waals surface area contributed by atoms with E-state index in [2.05, 4.69) is 18.3 Å². The van der Waals surface area contributed by atoms with Gasteiger partial charge in [0.15, 0.2) is 0 Å². The van der Waals surface area contributed by atoms with Gasteiger partial charge in [-0.15, -0.1) is 0 Å². The van der Waals surface area contributed by atoms with Crippen molar-refractivity contribution < 1.29 is 4.79 Å². The Balaban J connectivity index is 2.10. The van der Waals surface area contributed by atoms with Crippen LogP contribution in [0.2, 0.25) is 0 Å². The van der Waals surface area contributed by atoms with E-state index >= 15 is 0 Å². The topological polar surface area (TPSA) is 52.9 Å². The minimum Gasteiger partial charge on any atom is -0.352 e. The van der Waals surface area contributed by atoms with Crippen LogP contribution in [0.3, 0.4) is 0 Å². The summed E-state index contributed by atoms with van der Waals surface area (Å²) in [6, 6.07) is 2.40. The summed E-state index contributed by atoms with van der Waals surface area (Å²) in [5, 5.41) is 11.9. The number of nitrogens with one attached hydrogen (secondary N) is 1. The molecule has 0 radical (unpaired) electrons. The average Bonchev–Trinajstić information content (AvgIpc) is 2.76. The molecule has 0 aromatic carbocycles. The van der Waals surface area contributed by atoms with Crippen molar-refractivity contribution in [3.05, 3.63) is 0 Å². The SMILES string of the molecule is CCCCCCCC(=O)NC1CCCC1C#N. The van der Waals surface area contributed by atoms with Gasteiger partial charge < -0.3 is 5.32 Å². The summed E-state index contributed by atoms with van der Waals surface area (Å²) in [4.78, 5) is 11.7. The van der Waals surface area contributed by atoms with Gasteiger partial charge in [0, 0.05) is 12.5 Å². The summed E-state index contributed by atoms with van der Waals surface area (Å²) >= 11 is 0. The van der Waals surface area contributed by atoms with E-state index in [9.17, 15) is 4.79 Å². The second-order valence-corrected chi connectivity index (χ2v) is 5.00. The summed E-state index contributed by atoms with van der Waals surface area (Å²) in [5.74, 6) is 0.174. The predicted octanol–water partition coefficient (Wildman–Crippen LogP) is 3.16. The van der Waals surface area contributed by atoms with Crippen molar-refractivity contribution in [2.24, 2.45) is 5.92 Å². The van der Waals surface area contributed by atoms with Crippen molar-refractivity contribution in [2.75, 3.05) is 0 Å². The second-order valence-electron chi connectivity index (χ2n) is 5.00. The van der Waals surface area contributed by atoms with E-state index in [0.717, 1.165) is 32.1 Å². The number of hydrogen-bond donors (Lipinski definition) is 1. The van der Waals surface area contributed by atoms with Gasteiger partial charge in [0.25, 0.3) is 0 Å². The van der Waals surface area contributed by atoms with Gasteiger partial charge in [-0.05, 0) is 25.7 Å². The van der Waals surface area contributed by atoms with E-state index < -0.39 is 0 Å². The molecule has 0 heterocycles. The molecule has 1 N–H and O–H groups in total. The van der Waals surface area contributed by atoms with Gasteiger partial charge in [0.2, 0.25) is 5.91 Å². The summed E-state index contributed by atoms with van der Waals surface area (Å²) in [7, 11) is 0. The third kappa shape index (κ3) is 5.21. The number of hydrogen-bond acceptors (Lipinski definition) is 2. The Morgan fingerprint density at radius 2 is 2.06 bits per heavy atom. The van der Waals surface area contributed by atoms with Gasteiger partial charge in [-0.2, -0.15) is 5.26 Å². The highest BCUT2D eigenvalue weighted by molar-refractivity contribution is 5.76. The molecule has 0 aromatic heterocycles. The Kier molecular flexibility index (Phi) is 6.69. The van der Waals surface area contributed by atoms with Crippen LogP contribution in [0.15, 0.2) is 0 Å². The Morgan fingerprint density at radius 3 is 2.76 bits per heavy atom. The lowest BCUT2D eigenvalue weighted by molar-refractivity contribution is -0.122.